The van der Waals surface area contributed by atoms with Crippen LogP contribution < -0.4 is 5.56 Å². The van der Waals surface area contributed by atoms with E-state index in [1.807, 2.05) is 6.92 Å². The Bertz CT molecular complexity index is 414. The van der Waals surface area contributed by atoms with Crippen LogP contribution >= 0.6 is 0 Å². The van der Waals surface area contributed by atoms with E-state index in [1.54, 1.807) is 0 Å². The van der Waals surface area contributed by atoms with Gasteiger partial charge in [-0.2, -0.15) is 0 Å². The molecular formula is C9H10F2N2O. The Kier molecular flexibility index (Phi) is 2.09. The molecule has 1 aliphatic rings. The minimum atomic E-state index is -2.66. The molecule has 2 heterocycles. The van der Waals surface area contributed by atoms with Crippen molar-refractivity contribution >= 4 is 0 Å². The lowest BCUT2D eigenvalue weighted by Crippen LogP contribution is -2.23. The summed E-state index contributed by atoms with van der Waals surface area (Å²) in [5.41, 5.74) is -0.773. The molecule has 3 nitrogen and oxygen atoms in total. The fourth-order valence-electron chi connectivity index (χ4n) is 1.79. The van der Waals surface area contributed by atoms with Crippen LogP contribution in [0.2, 0.25) is 0 Å². The van der Waals surface area contributed by atoms with Crippen molar-refractivity contribution in [2.24, 2.45) is 0 Å². The van der Waals surface area contributed by atoms with Gasteiger partial charge in [0.1, 0.15) is 11.5 Å². The molecule has 0 bridgehead atoms. The lowest BCUT2D eigenvalue weighted by atomic mass is 10.2. The Morgan fingerprint density at radius 2 is 2.36 bits per heavy atom. The largest absolute Gasteiger partial charge is 0.294 e. The van der Waals surface area contributed by atoms with E-state index in [9.17, 15) is 13.6 Å². The molecule has 0 saturated heterocycles. The van der Waals surface area contributed by atoms with Crippen molar-refractivity contribution in [2.75, 3.05) is 0 Å². The quantitative estimate of drug-likeness (QED) is 0.691. The second-order valence-corrected chi connectivity index (χ2v) is 3.49. The molecule has 1 aliphatic heterocycles. The van der Waals surface area contributed by atoms with Crippen molar-refractivity contribution in [2.45, 2.75) is 32.2 Å². The molecule has 0 unspecified atom stereocenters. The molecule has 1 atom stereocenters. The summed E-state index contributed by atoms with van der Waals surface area (Å²) < 4.78 is 26.1. The highest BCUT2D eigenvalue weighted by Crippen LogP contribution is 2.23. The summed E-state index contributed by atoms with van der Waals surface area (Å²) in [5, 5.41) is 0. The molecule has 76 valence electrons. The molecule has 1 aromatic rings. The topological polar surface area (TPSA) is 34.9 Å². The van der Waals surface area contributed by atoms with Gasteiger partial charge in [0.25, 0.3) is 12.0 Å². The molecule has 2 rings (SSSR count). The molecule has 0 saturated carbocycles. The van der Waals surface area contributed by atoms with Crippen LogP contribution in [0.5, 0.6) is 0 Å². The van der Waals surface area contributed by atoms with Crippen molar-refractivity contribution in [3.63, 3.8) is 0 Å². The highest BCUT2D eigenvalue weighted by atomic mass is 19.3. The molecule has 0 N–H and O–H groups in total. The Hall–Kier alpha value is -1.26. The first-order valence-electron chi connectivity index (χ1n) is 4.50. The van der Waals surface area contributed by atoms with Crippen molar-refractivity contribution in [3.8, 4) is 0 Å². The van der Waals surface area contributed by atoms with Gasteiger partial charge in [0, 0.05) is 18.5 Å². The van der Waals surface area contributed by atoms with Crippen LogP contribution in [0.3, 0.4) is 0 Å². The van der Waals surface area contributed by atoms with Gasteiger partial charge in [0.2, 0.25) is 0 Å². The van der Waals surface area contributed by atoms with Crippen molar-refractivity contribution in [1.82, 2.24) is 9.55 Å². The van der Waals surface area contributed by atoms with Crippen LogP contribution in [-0.4, -0.2) is 9.55 Å². The second kappa shape index (κ2) is 3.15. The molecule has 0 aliphatic carbocycles. The summed E-state index contributed by atoms with van der Waals surface area (Å²) in [4.78, 5) is 15.2. The number of aryl methyl sites for hydroxylation is 1. The van der Waals surface area contributed by atoms with Crippen molar-refractivity contribution < 1.29 is 8.78 Å². The Labute approximate surface area is 79.4 Å². The molecule has 0 fully saturated rings. The van der Waals surface area contributed by atoms with Crippen molar-refractivity contribution in [1.29, 1.82) is 0 Å². The van der Waals surface area contributed by atoms with Gasteiger partial charge in [0.15, 0.2) is 0 Å². The maximum absolute atomic E-state index is 12.3. The fraction of sp³-hybridized carbons (Fsp3) is 0.556. The van der Waals surface area contributed by atoms with E-state index in [-0.39, 0.29) is 11.6 Å². The molecule has 0 radical (unpaired) electrons. The number of fused-ring (bicyclic) bond motifs is 1. The van der Waals surface area contributed by atoms with Crippen LogP contribution in [0.4, 0.5) is 8.78 Å². The molecule has 0 amide bonds. The lowest BCUT2D eigenvalue weighted by Gasteiger charge is -2.08. The molecule has 1 aromatic heterocycles. The monoisotopic (exact) mass is 200 g/mol. The summed E-state index contributed by atoms with van der Waals surface area (Å²) >= 11 is 0. The second-order valence-electron chi connectivity index (χ2n) is 3.49. The van der Waals surface area contributed by atoms with E-state index in [4.69, 9.17) is 0 Å². The van der Waals surface area contributed by atoms with Crippen LogP contribution in [0, 0.1) is 0 Å². The fourth-order valence-corrected chi connectivity index (χ4v) is 1.79. The van der Waals surface area contributed by atoms with Crippen LogP contribution in [-0.2, 0) is 6.42 Å². The number of alkyl halides is 2. The van der Waals surface area contributed by atoms with Gasteiger partial charge in [-0.3, -0.25) is 9.36 Å². The van der Waals surface area contributed by atoms with Crippen molar-refractivity contribution in [3.05, 3.63) is 27.9 Å². The number of hydrogen-bond acceptors (Lipinski definition) is 2. The lowest BCUT2D eigenvalue weighted by molar-refractivity contribution is 0.145. The van der Waals surface area contributed by atoms with Gasteiger partial charge in [-0.1, -0.05) is 0 Å². The van der Waals surface area contributed by atoms with Crippen LogP contribution in [0.15, 0.2) is 10.9 Å². The Morgan fingerprint density at radius 1 is 1.64 bits per heavy atom. The van der Waals surface area contributed by atoms with Crippen LogP contribution in [0.25, 0.3) is 0 Å². The molecule has 14 heavy (non-hydrogen) atoms. The average molecular weight is 200 g/mol. The summed E-state index contributed by atoms with van der Waals surface area (Å²) in [6, 6.07) is 1.01. The predicted molar refractivity (Wildman–Crippen MR) is 46.5 cm³/mol. The smallest absolute Gasteiger partial charge is 0.280 e. The zero-order valence-corrected chi connectivity index (χ0v) is 7.70. The molecule has 0 aromatic carbocycles. The summed E-state index contributed by atoms with van der Waals surface area (Å²) in [6.45, 7) is 1.89. The molecular weight excluding hydrogens is 190 g/mol. The van der Waals surface area contributed by atoms with Gasteiger partial charge >= 0.3 is 0 Å². The number of nitrogens with zero attached hydrogens (tertiary/aromatic N) is 2. The maximum Gasteiger partial charge on any atom is 0.280 e. The van der Waals surface area contributed by atoms with Gasteiger partial charge in [-0.25, -0.2) is 13.8 Å². The molecule has 0 spiro atoms. The highest BCUT2D eigenvalue weighted by Gasteiger charge is 2.22. The predicted octanol–water partition coefficient (Wildman–Crippen LogP) is 1.69. The van der Waals surface area contributed by atoms with E-state index in [2.05, 4.69) is 4.98 Å². The zero-order valence-electron chi connectivity index (χ0n) is 7.70. The summed E-state index contributed by atoms with van der Waals surface area (Å²) in [7, 11) is 0. The van der Waals surface area contributed by atoms with Gasteiger partial charge < -0.3 is 0 Å². The third-order valence-corrected chi connectivity index (χ3v) is 2.50. The van der Waals surface area contributed by atoms with Gasteiger partial charge in [-0.15, -0.1) is 0 Å². The third kappa shape index (κ3) is 1.32. The Morgan fingerprint density at radius 3 is 3.00 bits per heavy atom. The number of halogens is 2. The molecule has 5 heteroatoms. The van der Waals surface area contributed by atoms with E-state index >= 15 is 0 Å². The van der Waals surface area contributed by atoms with E-state index in [0.717, 1.165) is 12.5 Å². The first-order valence-corrected chi connectivity index (χ1v) is 4.50. The number of rotatable bonds is 1. The van der Waals surface area contributed by atoms with E-state index in [1.165, 1.54) is 4.57 Å². The third-order valence-electron chi connectivity index (χ3n) is 2.50. The zero-order chi connectivity index (χ0) is 10.3. The Balaban J connectivity index is 2.57. The minimum Gasteiger partial charge on any atom is -0.294 e. The average Bonchev–Trinajstić information content (AvgIpc) is 2.48. The SMILES string of the molecule is C[C@@H]1CCc2nc(C(F)F)cc(=O)n21. The maximum atomic E-state index is 12.3. The van der Waals surface area contributed by atoms with E-state index in [0.29, 0.717) is 12.2 Å². The standard InChI is InChI=1S/C9H10F2N2O/c1-5-2-3-7-12-6(9(10)11)4-8(14)13(5)7/h4-5,9H,2-3H2,1H3/t5-/m1/s1. The first kappa shape index (κ1) is 9.30. The first-order chi connectivity index (χ1) is 6.59. The van der Waals surface area contributed by atoms with Gasteiger partial charge in [0.05, 0.1) is 0 Å². The van der Waals surface area contributed by atoms with E-state index < -0.39 is 12.1 Å². The summed E-state index contributed by atoms with van der Waals surface area (Å²) in [5.74, 6) is 0.486. The summed E-state index contributed by atoms with van der Waals surface area (Å²) in [6.07, 6.45) is -1.25. The minimum absolute atomic E-state index is 0.0803. The number of aromatic nitrogens is 2. The normalized spacial score (nSPS) is 20.1. The van der Waals surface area contributed by atoms with Crippen LogP contribution in [0.1, 0.15) is 37.3 Å². The number of hydrogen-bond donors (Lipinski definition) is 0. The highest BCUT2D eigenvalue weighted by molar-refractivity contribution is 5.09. The van der Waals surface area contributed by atoms with Gasteiger partial charge in [-0.05, 0) is 13.3 Å².